The molecule has 0 heterocycles. The Kier molecular flexibility index (Phi) is 7.90. The molecule has 0 aromatic heterocycles. The van der Waals surface area contributed by atoms with E-state index in [9.17, 15) is 13.6 Å². The molecule has 3 rings (SSSR count). The van der Waals surface area contributed by atoms with Gasteiger partial charge in [-0.1, -0.05) is 12.5 Å². The Morgan fingerprint density at radius 1 is 1.07 bits per heavy atom. The molecule has 1 aromatic rings. The maximum absolute atomic E-state index is 12.6. The van der Waals surface area contributed by atoms with Crippen LogP contribution in [0.25, 0.3) is 0 Å². The van der Waals surface area contributed by atoms with Gasteiger partial charge in [0.05, 0.1) is 0 Å². The minimum Gasteiger partial charge on any atom is -0.461 e. The third-order valence-corrected chi connectivity index (χ3v) is 8.79. The quantitative estimate of drug-likeness (QED) is 0.530. The predicted molar refractivity (Wildman–Crippen MR) is 97.8 cm³/mol. The molecule has 3 atom stereocenters. The Bertz CT molecular complexity index is 630. The summed E-state index contributed by atoms with van der Waals surface area (Å²) in [5.74, 6) is -0.593. The summed E-state index contributed by atoms with van der Waals surface area (Å²) in [5.41, 5.74) is 0.982. The van der Waals surface area contributed by atoms with Crippen molar-refractivity contribution < 1.29 is 31.6 Å². The molecular formula is C19H28F2O5Si. The van der Waals surface area contributed by atoms with Gasteiger partial charge in [0.15, 0.2) is 11.6 Å². The molecular weight excluding hydrogens is 374 g/mol. The number of halogens is 2. The summed E-state index contributed by atoms with van der Waals surface area (Å²) in [7, 11) is 2.84. The van der Waals surface area contributed by atoms with Crippen molar-refractivity contribution >= 4 is 14.8 Å². The molecule has 0 saturated heterocycles. The standard InChI is InChI=1S/C10H20O3Si.C9H8F2O2/c1-11-14(12-2,13-3)10-7-8-4-5-9(10)6-8;1-6(12)13-5-7-2-3-8(10)9(11)4-7/h8-10H,4-7H2,1-3H3;2-4H,5H2,1H3. The summed E-state index contributed by atoms with van der Waals surface area (Å²) in [4.78, 5) is 10.4. The van der Waals surface area contributed by atoms with Gasteiger partial charge in [-0.25, -0.2) is 8.78 Å². The summed E-state index contributed by atoms with van der Waals surface area (Å²) < 4.78 is 46.3. The number of hydrogen-bond acceptors (Lipinski definition) is 5. The summed E-state index contributed by atoms with van der Waals surface area (Å²) in [5, 5.41) is 0. The highest BCUT2D eigenvalue weighted by Crippen LogP contribution is 2.55. The van der Waals surface area contributed by atoms with Crippen LogP contribution in [0.1, 0.15) is 38.2 Å². The molecule has 2 saturated carbocycles. The van der Waals surface area contributed by atoms with E-state index in [4.69, 9.17) is 13.3 Å². The zero-order valence-corrected chi connectivity index (χ0v) is 17.3. The molecule has 2 aliphatic carbocycles. The number of rotatable bonds is 6. The van der Waals surface area contributed by atoms with Crippen molar-refractivity contribution in [1.29, 1.82) is 0 Å². The van der Waals surface area contributed by atoms with E-state index >= 15 is 0 Å². The zero-order chi connectivity index (χ0) is 20.0. The molecule has 0 spiro atoms. The number of fused-ring (bicyclic) bond motifs is 2. The van der Waals surface area contributed by atoms with Crippen LogP contribution in [0.5, 0.6) is 0 Å². The van der Waals surface area contributed by atoms with Crippen LogP contribution in [0.4, 0.5) is 8.78 Å². The molecule has 1 aromatic carbocycles. The van der Waals surface area contributed by atoms with Crippen molar-refractivity contribution in [2.45, 2.75) is 44.8 Å². The predicted octanol–water partition coefficient (Wildman–Crippen LogP) is 4.08. The third-order valence-electron chi connectivity index (χ3n) is 5.47. The normalized spacial score (nSPS) is 23.7. The summed E-state index contributed by atoms with van der Waals surface area (Å²) in [6.07, 6.45) is 5.38. The average molecular weight is 403 g/mol. The molecule has 0 radical (unpaired) electrons. The molecule has 3 unspecified atom stereocenters. The second-order valence-corrected chi connectivity index (χ2v) is 10.2. The molecule has 27 heavy (non-hydrogen) atoms. The van der Waals surface area contributed by atoms with Gasteiger partial charge in [-0.15, -0.1) is 0 Å². The van der Waals surface area contributed by atoms with Crippen LogP contribution in [-0.2, 0) is 29.4 Å². The van der Waals surface area contributed by atoms with Crippen LogP contribution in [0.3, 0.4) is 0 Å². The fourth-order valence-electron chi connectivity index (χ4n) is 4.20. The van der Waals surface area contributed by atoms with E-state index < -0.39 is 26.4 Å². The Hall–Kier alpha value is -1.35. The van der Waals surface area contributed by atoms with E-state index in [0.29, 0.717) is 11.1 Å². The van der Waals surface area contributed by atoms with Crippen molar-refractivity contribution in [2.75, 3.05) is 21.3 Å². The van der Waals surface area contributed by atoms with Crippen LogP contribution >= 0.6 is 0 Å². The van der Waals surface area contributed by atoms with Crippen molar-refractivity contribution in [3.8, 4) is 0 Å². The number of ether oxygens (including phenoxy) is 1. The smallest absolute Gasteiger partial charge is 0.461 e. The van der Waals surface area contributed by atoms with Gasteiger partial charge < -0.3 is 18.0 Å². The van der Waals surface area contributed by atoms with Crippen LogP contribution in [0, 0.1) is 23.5 Å². The van der Waals surface area contributed by atoms with E-state index in [2.05, 4.69) is 4.74 Å². The van der Waals surface area contributed by atoms with Crippen LogP contribution < -0.4 is 0 Å². The number of carbonyl (C=O) groups is 1. The zero-order valence-electron chi connectivity index (χ0n) is 16.3. The first-order valence-electron chi connectivity index (χ1n) is 9.08. The molecule has 2 bridgehead atoms. The first-order chi connectivity index (χ1) is 12.8. The van der Waals surface area contributed by atoms with E-state index in [1.807, 2.05) is 0 Å². The highest BCUT2D eigenvalue weighted by Gasteiger charge is 2.56. The van der Waals surface area contributed by atoms with Gasteiger partial charge in [0.25, 0.3) is 0 Å². The molecule has 152 valence electrons. The maximum atomic E-state index is 12.6. The van der Waals surface area contributed by atoms with Gasteiger partial charge in [-0.3, -0.25) is 4.79 Å². The van der Waals surface area contributed by atoms with E-state index in [1.165, 1.54) is 38.7 Å². The van der Waals surface area contributed by atoms with Crippen LogP contribution in [0.2, 0.25) is 5.54 Å². The van der Waals surface area contributed by atoms with Crippen LogP contribution in [0.15, 0.2) is 18.2 Å². The molecule has 0 N–H and O–H groups in total. The largest absolute Gasteiger partial charge is 0.503 e. The fraction of sp³-hybridized carbons (Fsp3) is 0.632. The average Bonchev–Trinajstić information content (AvgIpc) is 3.29. The Labute approximate surface area is 160 Å². The number of carbonyl (C=O) groups excluding carboxylic acids is 1. The Balaban J connectivity index is 0.000000194. The molecule has 0 aliphatic heterocycles. The second kappa shape index (κ2) is 9.72. The lowest BCUT2D eigenvalue weighted by Crippen LogP contribution is -2.49. The minimum atomic E-state index is -2.34. The van der Waals surface area contributed by atoms with Crippen molar-refractivity contribution in [3.63, 3.8) is 0 Å². The van der Waals surface area contributed by atoms with Gasteiger partial charge in [0.2, 0.25) is 0 Å². The Morgan fingerprint density at radius 2 is 1.74 bits per heavy atom. The molecule has 5 nitrogen and oxygen atoms in total. The lowest BCUT2D eigenvalue weighted by atomic mass is 10.0. The topological polar surface area (TPSA) is 54.0 Å². The van der Waals surface area contributed by atoms with Crippen molar-refractivity contribution in [1.82, 2.24) is 0 Å². The lowest BCUT2D eigenvalue weighted by Gasteiger charge is -2.34. The molecule has 8 heteroatoms. The summed E-state index contributed by atoms with van der Waals surface area (Å²) in [6, 6.07) is 3.35. The first kappa shape index (κ1) is 21.9. The highest BCUT2D eigenvalue weighted by atomic mass is 28.4. The molecule has 2 fully saturated rings. The van der Waals surface area contributed by atoms with Gasteiger partial charge in [-0.2, -0.15) is 0 Å². The lowest BCUT2D eigenvalue weighted by molar-refractivity contribution is -0.142. The van der Waals surface area contributed by atoms with Gasteiger partial charge in [-0.05, 0) is 48.8 Å². The Morgan fingerprint density at radius 3 is 2.19 bits per heavy atom. The monoisotopic (exact) mass is 402 g/mol. The van der Waals surface area contributed by atoms with Gasteiger partial charge in [0.1, 0.15) is 6.61 Å². The third kappa shape index (κ3) is 5.34. The van der Waals surface area contributed by atoms with Crippen molar-refractivity contribution in [3.05, 3.63) is 35.4 Å². The first-order valence-corrected chi connectivity index (χ1v) is 10.9. The van der Waals surface area contributed by atoms with E-state index in [-0.39, 0.29) is 6.61 Å². The summed E-state index contributed by atoms with van der Waals surface area (Å²) in [6.45, 7) is 1.21. The number of benzene rings is 1. The molecule has 0 amide bonds. The second-order valence-electron chi connectivity index (χ2n) is 7.03. The summed E-state index contributed by atoms with van der Waals surface area (Å²) >= 11 is 0. The SMILES string of the molecule is CC(=O)OCc1ccc(F)c(F)c1.CO[Si](OC)(OC)C1CC2CCC1C2. The van der Waals surface area contributed by atoms with Crippen molar-refractivity contribution in [2.24, 2.45) is 11.8 Å². The fourth-order valence-corrected chi connectivity index (χ4v) is 7.11. The number of hydrogen-bond donors (Lipinski definition) is 0. The van der Waals surface area contributed by atoms with E-state index in [0.717, 1.165) is 24.0 Å². The van der Waals surface area contributed by atoms with Crippen LogP contribution in [-0.4, -0.2) is 36.1 Å². The maximum Gasteiger partial charge on any atom is 0.503 e. The number of esters is 1. The highest BCUT2D eigenvalue weighted by molar-refractivity contribution is 6.62. The molecule has 2 aliphatic rings. The minimum absolute atomic E-state index is 0.0352. The van der Waals surface area contributed by atoms with E-state index in [1.54, 1.807) is 21.3 Å². The van der Waals surface area contributed by atoms with Gasteiger partial charge in [0, 0.05) is 33.8 Å². The van der Waals surface area contributed by atoms with Gasteiger partial charge >= 0.3 is 14.8 Å².